The molecule has 0 aliphatic rings. The highest BCUT2D eigenvalue weighted by atomic mass is 16.6. The molecule has 8 heteroatoms. The predicted molar refractivity (Wildman–Crippen MR) is 76.2 cm³/mol. The lowest BCUT2D eigenvalue weighted by molar-refractivity contribution is -0.0380. The molecule has 128 valence electrons. The zero-order valence-corrected chi connectivity index (χ0v) is 12.8. The normalized spacial score (nSPS) is 12.7. The number of aliphatic hydroxyl groups is 1. The summed E-state index contributed by atoms with van der Waals surface area (Å²) in [6, 6.07) is 0. The van der Waals surface area contributed by atoms with Gasteiger partial charge in [0.2, 0.25) is 0 Å². The zero-order valence-electron chi connectivity index (χ0n) is 12.8. The molecule has 0 aliphatic carbocycles. The number of rotatable bonds is 17. The van der Waals surface area contributed by atoms with E-state index >= 15 is 0 Å². The van der Waals surface area contributed by atoms with Gasteiger partial charge < -0.3 is 39.3 Å². The van der Waals surface area contributed by atoms with Gasteiger partial charge in [0, 0.05) is 7.11 Å². The van der Waals surface area contributed by atoms with Crippen molar-refractivity contribution >= 4 is 0 Å². The molecule has 0 saturated heterocycles. The van der Waals surface area contributed by atoms with E-state index in [-0.39, 0.29) is 6.61 Å². The Hall–Kier alpha value is -0.320. The Kier molecular flexibility index (Phi) is 17.5. The smallest absolute Gasteiger partial charge is 0.129 e. The molecule has 0 saturated carbocycles. The highest BCUT2D eigenvalue weighted by Gasteiger charge is 2.00. The van der Waals surface area contributed by atoms with Crippen LogP contribution in [0.2, 0.25) is 0 Å². The van der Waals surface area contributed by atoms with Crippen LogP contribution in [0.4, 0.5) is 0 Å². The fraction of sp³-hybridized carbons (Fsp3) is 1.00. The van der Waals surface area contributed by atoms with Gasteiger partial charge in [-0.05, 0) is 0 Å². The van der Waals surface area contributed by atoms with Crippen LogP contribution in [0.15, 0.2) is 0 Å². The molecule has 0 aromatic rings. The average Bonchev–Trinajstić information content (AvgIpc) is 2.48. The molecule has 0 amide bonds. The number of ether oxygens (including phenoxy) is 6. The van der Waals surface area contributed by atoms with Gasteiger partial charge >= 0.3 is 0 Å². The van der Waals surface area contributed by atoms with E-state index < -0.39 is 6.23 Å². The maximum Gasteiger partial charge on any atom is 0.129 e. The van der Waals surface area contributed by atoms with E-state index in [1.807, 2.05) is 0 Å². The van der Waals surface area contributed by atoms with E-state index in [2.05, 4.69) is 0 Å². The van der Waals surface area contributed by atoms with Crippen LogP contribution < -0.4 is 5.73 Å². The van der Waals surface area contributed by atoms with Crippen molar-refractivity contribution in [2.45, 2.75) is 6.23 Å². The molecule has 3 N–H and O–H groups in total. The Labute approximate surface area is 126 Å². The van der Waals surface area contributed by atoms with Gasteiger partial charge in [-0.3, -0.25) is 0 Å². The molecule has 21 heavy (non-hydrogen) atoms. The third-order valence-corrected chi connectivity index (χ3v) is 2.24. The van der Waals surface area contributed by atoms with Crippen LogP contribution in [0, 0.1) is 0 Å². The number of hydrogen-bond acceptors (Lipinski definition) is 8. The zero-order chi connectivity index (χ0) is 15.6. The summed E-state index contributed by atoms with van der Waals surface area (Å²) in [7, 11) is 1.57. The first-order valence-corrected chi connectivity index (χ1v) is 7.09. The largest absolute Gasteiger partial charge is 0.394 e. The van der Waals surface area contributed by atoms with Crippen LogP contribution in [0.3, 0.4) is 0 Å². The highest BCUT2D eigenvalue weighted by Crippen LogP contribution is 1.86. The minimum Gasteiger partial charge on any atom is -0.394 e. The van der Waals surface area contributed by atoms with E-state index in [9.17, 15) is 0 Å². The molecule has 0 heterocycles. The van der Waals surface area contributed by atoms with Gasteiger partial charge in [-0.25, -0.2) is 0 Å². The highest BCUT2D eigenvalue weighted by molar-refractivity contribution is 4.43. The van der Waals surface area contributed by atoms with Crippen molar-refractivity contribution in [2.24, 2.45) is 5.73 Å². The van der Waals surface area contributed by atoms with Crippen molar-refractivity contribution in [1.82, 2.24) is 0 Å². The summed E-state index contributed by atoms with van der Waals surface area (Å²) in [6.07, 6.45) is -0.409. The van der Waals surface area contributed by atoms with Gasteiger partial charge in [-0.15, -0.1) is 0 Å². The molecule has 1 atom stereocenters. The maximum absolute atomic E-state index is 8.48. The van der Waals surface area contributed by atoms with Gasteiger partial charge in [0.25, 0.3) is 0 Å². The molecule has 8 nitrogen and oxygen atoms in total. The second kappa shape index (κ2) is 17.7. The Morgan fingerprint density at radius 2 is 1.19 bits per heavy atom. The summed E-state index contributed by atoms with van der Waals surface area (Å²) < 4.78 is 31.0. The summed E-state index contributed by atoms with van der Waals surface area (Å²) in [5.74, 6) is 0. The summed E-state index contributed by atoms with van der Waals surface area (Å²) in [4.78, 5) is 0. The summed E-state index contributed by atoms with van der Waals surface area (Å²) in [5.41, 5.74) is 5.57. The molecule has 0 radical (unpaired) electrons. The molecule has 0 fully saturated rings. The summed E-state index contributed by atoms with van der Waals surface area (Å²) >= 11 is 0. The summed E-state index contributed by atoms with van der Waals surface area (Å²) in [5, 5.41) is 8.48. The van der Waals surface area contributed by atoms with Crippen LogP contribution in [-0.4, -0.2) is 91.1 Å². The van der Waals surface area contributed by atoms with Gasteiger partial charge in [0.1, 0.15) is 6.23 Å². The van der Waals surface area contributed by atoms with Crippen LogP contribution in [0.1, 0.15) is 0 Å². The van der Waals surface area contributed by atoms with Crippen LogP contribution in [0.5, 0.6) is 0 Å². The van der Waals surface area contributed by atoms with Crippen LogP contribution in [0.25, 0.3) is 0 Å². The second-order valence-electron chi connectivity index (χ2n) is 4.04. The lowest BCUT2D eigenvalue weighted by atomic mass is 10.6. The fourth-order valence-electron chi connectivity index (χ4n) is 1.30. The number of nitrogens with two attached hydrogens (primary N) is 1. The quantitative estimate of drug-likeness (QED) is 0.260. The maximum atomic E-state index is 8.48. The Bertz CT molecular complexity index is 197. The van der Waals surface area contributed by atoms with Gasteiger partial charge in [-0.2, -0.15) is 0 Å². The topological polar surface area (TPSA) is 102 Å². The average molecular weight is 311 g/mol. The second-order valence-corrected chi connectivity index (χ2v) is 4.04. The molecule has 0 rings (SSSR count). The molecule has 0 aromatic carbocycles. The van der Waals surface area contributed by atoms with Gasteiger partial charge in [0.05, 0.1) is 72.7 Å². The van der Waals surface area contributed by atoms with Gasteiger partial charge in [0.15, 0.2) is 0 Å². The number of hydrogen-bond donors (Lipinski definition) is 2. The standard InChI is InChI=1S/C13H29NO7/c1-16-12-13(14)21-11-10-20-9-8-19-7-6-18-5-4-17-3-2-15/h13,15H,2-12,14H2,1H3. The first kappa shape index (κ1) is 20.7. The molecule has 0 spiro atoms. The van der Waals surface area contributed by atoms with Crippen molar-refractivity contribution < 1.29 is 33.5 Å². The number of aliphatic hydroxyl groups excluding tert-OH is 1. The molecule has 0 aromatic heterocycles. The first-order valence-electron chi connectivity index (χ1n) is 7.09. The monoisotopic (exact) mass is 311 g/mol. The van der Waals surface area contributed by atoms with E-state index in [0.717, 1.165) is 0 Å². The van der Waals surface area contributed by atoms with E-state index in [1.54, 1.807) is 7.11 Å². The molecular weight excluding hydrogens is 282 g/mol. The van der Waals surface area contributed by atoms with E-state index in [0.29, 0.717) is 66.1 Å². The third-order valence-electron chi connectivity index (χ3n) is 2.24. The Morgan fingerprint density at radius 1 is 0.762 bits per heavy atom. The minimum absolute atomic E-state index is 0.0342. The number of methoxy groups -OCH3 is 1. The molecule has 0 aliphatic heterocycles. The van der Waals surface area contributed by atoms with Crippen molar-refractivity contribution in [3.8, 4) is 0 Å². The Morgan fingerprint density at radius 3 is 1.62 bits per heavy atom. The molecule has 0 bridgehead atoms. The van der Waals surface area contributed by atoms with Crippen LogP contribution in [-0.2, 0) is 28.4 Å². The van der Waals surface area contributed by atoms with Crippen molar-refractivity contribution in [2.75, 3.05) is 79.8 Å². The summed E-state index contributed by atoms with van der Waals surface area (Å²) in [6.45, 7) is 4.67. The first-order chi connectivity index (χ1) is 10.3. The van der Waals surface area contributed by atoms with Crippen LogP contribution >= 0.6 is 0 Å². The Balaban J connectivity index is 2.99. The lowest BCUT2D eigenvalue weighted by Crippen LogP contribution is -2.30. The third kappa shape index (κ3) is 17.6. The lowest BCUT2D eigenvalue weighted by Gasteiger charge is -2.12. The van der Waals surface area contributed by atoms with E-state index in [4.69, 9.17) is 39.3 Å². The van der Waals surface area contributed by atoms with Gasteiger partial charge in [-0.1, -0.05) is 0 Å². The molecular formula is C13H29NO7. The molecule has 1 unspecified atom stereocenters. The fourth-order valence-corrected chi connectivity index (χ4v) is 1.30. The SMILES string of the molecule is COCC(N)OCCOCCOCCOCCOCCO. The van der Waals surface area contributed by atoms with E-state index in [1.165, 1.54) is 0 Å². The minimum atomic E-state index is -0.409. The van der Waals surface area contributed by atoms with Crippen molar-refractivity contribution in [3.05, 3.63) is 0 Å². The van der Waals surface area contributed by atoms with Crippen molar-refractivity contribution in [3.63, 3.8) is 0 Å². The van der Waals surface area contributed by atoms with Crippen molar-refractivity contribution in [1.29, 1.82) is 0 Å². The predicted octanol–water partition coefficient (Wildman–Crippen LogP) is -1.01.